The number of carbonyl (C=O) groups excluding carboxylic acids is 1. The molecule has 14 heteroatoms. The first-order chi connectivity index (χ1) is 19.0. The van der Waals surface area contributed by atoms with Gasteiger partial charge in [-0.15, -0.1) is 0 Å². The Morgan fingerprint density at radius 2 is 1.90 bits per heavy atom. The van der Waals surface area contributed by atoms with Crippen LogP contribution in [0.15, 0.2) is 76.4 Å². The van der Waals surface area contributed by atoms with Gasteiger partial charge in [-0.1, -0.05) is 30.3 Å². The second-order valence-corrected chi connectivity index (χ2v) is 8.56. The van der Waals surface area contributed by atoms with Crippen LogP contribution >= 0.6 is 0 Å². The van der Waals surface area contributed by atoms with E-state index in [1.807, 2.05) is 0 Å². The minimum atomic E-state index is -4.90. The summed E-state index contributed by atoms with van der Waals surface area (Å²) in [5, 5.41) is 16.3. The van der Waals surface area contributed by atoms with E-state index in [2.05, 4.69) is 24.8 Å². The van der Waals surface area contributed by atoms with Crippen molar-refractivity contribution >= 4 is 11.6 Å². The van der Waals surface area contributed by atoms with Crippen LogP contribution in [0.25, 0.3) is 22.5 Å². The Morgan fingerprint density at radius 1 is 1.15 bits per heavy atom. The number of aromatic nitrogens is 5. The third kappa shape index (κ3) is 5.18. The van der Waals surface area contributed by atoms with Crippen LogP contribution in [0.5, 0.6) is 5.88 Å². The molecule has 2 aromatic carbocycles. The van der Waals surface area contributed by atoms with Gasteiger partial charge in [0.2, 0.25) is 5.88 Å². The van der Waals surface area contributed by atoms with Crippen LogP contribution in [0.2, 0.25) is 0 Å². The second kappa shape index (κ2) is 10.1. The van der Waals surface area contributed by atoms with E-state index in [1.165, 1.54) is 30.2 Å². The van der Waals surface area contributed by atoms with Gasteiger partial charge in [-0.3, -0.25) is 9.48 Å². The van der Waals surface area contributed by atoms with Gasteiger partial charge >= 0.3 is 11.9 Å². The first-order valence-corrected chi connectivity index (χ1v) is 11.5. The molecule has 0 spiro atoms. The number of hydrogen-bond acceptors (Lipinski definition) is 7. The number of aromatic hydroxyl groups is 1. The lowest BCUT2D eigenvalue weighted by atomic mass is 9.99. The van der Waals surface area contributed by atoms with Crippen molar-refractivity contribution in [2.24, 2.45) is 7.05 Å². The monoisotopic (exact) mass is 554 g/mol. The Bertz CT molecular complexity index is 1780. The molecule has 0 bridgehead atoms. The molecular formula is C26H18F4N6O4. The minimum absolute atomic E-state index is 0.0161. The number of carbonyl (C=O) groups is 1. The topological polar surface area (TPSA) is 128 Å². The lowest BCUT2D eigenvalue weighted by Gasteiger charge is -2.15. The molecule has 10 nitrogen and oxygen atoms in total. The standard InChI is InChI=1S/C26H18F4N6O4/c1-35-8-7-19(34-35)15-9-16(18(27)10-17(15)26(28,29)30)24(38)32-20-11-31-21(12-36-22(37)13-40-25(36)39)33-23(20)14-5-3-2-4-6-14/h2-11,13,37H,12H2,1H3,(H,32,38). The number of oxazole rings is 1. The molecule has 204 valence electrons. The molecule has 0 aliphatic heterocycles. The van der Waals surface area contributed by atoms with E-state index >= 15 is 0 Å². The Balaban J connectivity index is 1.55. The van der Waals surface area contributed by atoms with Crippen molar-refractivity contribution in [1.29, 1.82) is 0 Å². The maximum atomic E-state index is 14.9. The van der Waals surface area contributed by atoms with Gasteiger partial charge in [0, 0.05) is 24.4 Å². The molecule has 0 saturated carbocycles. The Morgan fingerprint density at radius 3 is 2.52 bits per heavy atom. The van der Waals surface area contributed by atoms with E-state index in [0.29, 0.717) is 5.56 Å². The fraction of sp³-hybridized carbons (Fsp3) is 0.115. The molecule has 5 rings (SSSR count). The summed E-state index contributed by atoms with van der Waals surface area (Å²) < 4.78 is 62.8. The number of benzene rings is 2. The molecule has 3 heterocycles. The van der Waals surface area contributed by atoms with E-state index in [9.17, 15) is 32.3 Å². The number of anilines is 1. The summed E-state index contributed by atoms with van der Waals surface area (Å²) >= 11 is 0. The average molecular weight is 554 g/mol. The van der Waals surface area contributed by atoms with Crippen LogP contribution in [0.1, 0.15) is 21.7 Å². The van der Waals surface area contributed by atoms with Crippen molar-refractivity contribution in [3.05, 3.63) is 101 Å². The molecule has 1 amide bonds. The highest BCUT2D eigenvalue weighted by molar-refractivity contribution is 6.06. The van der Waals surface area contributed by atoms with E-state index < -0.39 is 46.2 Å². The zero-order chi connectivity index (χ0) is 28.6. The maximum absolute atomic E-state index is 14.9. The number of rotatable bonds is 6. The molecule has 0 saturated heterocycles. The van der Waals surface area contributed by atoms with Gasteiger partial charge in [0.1, 0.15) is 11.6 Å². The van der Waals surface area contributed by atoms with Crippen LogP contribution < -0.4 is 11.1 Å². The quantitative estimate of drug-likeness (QED) is 0.297. The molecule has 0 aliphatic carbocycles. The second-order valence-electron chi connectivity index (χ2n) is 8.56. The molecular weight excluding hydrogens is 536 g/mol. The SMILES string of the molecule is Cn1ccc(-c2cc(C(=O)Nc3cnc(Cn4c(O)coc4=O)nc3-c3ccccc3)c(F)cc2C(F)(F)F)n1. The first kappa shape index (κ1) is 26.3. The summed E-state index contributed by atoms with van der Waals surface area (Å²) in [7, 11) is 1.51. The Labute approximate surface area is 222 Å². The molecule has 0 atom stereocenters. The first-order valence-electron chi connectivity index (χ1n) is 11.5. The summed E-state index contributed by atoms with van der Waals surface area (Å²) in [5.74, 6) is -3.68. The predicted molar refractivity (Wildman–Crippen MR) is 133 cm³/mol. The third-order valence-electron chi connectivity index (χ3n) is 5.84. The molecule has 0 fully saturated rings. The lowest BCUT2D eigenvalue weighted by Crippen LogP contribution is -2.19. The van der Waals surface area contributed by atoms with Gasteiger partial charge in [-0.2, -0.15) is 18.3 Å². The number of nitrogens with one attached hydrogen (secondary N) is 1. The smallest absolute Gasteiger partial charge is 0.422 e. The number of aryl methyl sites for hydroxylation is 1. The van der Waals surface area contributed by atoms with Crippen LogP contribution in [0.3, 0.4) is 0 Å². The van der Waals surface area contributed by atoms with Gasteiger partial charge in [-0.25, -0.2) is 23.7 Å². The van der Waals surface area contributed by atoms with Gasteiger partial charge in [0.15, 0.2) is 6.26 Å². The number of amides is 1. The fourth-order valence-electron chi connectivity index (χ4n) is 3.96. The molecule has 0 unspecified atom stereocenters. The van der Waals surface area contributed by atoms with Crippen LogP contribution in [-0.4, -0.2) is 35.3 Å². The molecule has 0 radical (unpaired) electrons. The van der Waals surface area contributed by atoms with Gasteiger partial charge < -0.3 is 14.8 Å². The van der Waals surface area contributed by atoms with Crippen molar-refractivity contribution in [3.8, 4) is 28.4 Å². The minimum Gasteiger partial charge on any atom is -0.492 e. The third-order valence-corrected chi connectivity index (χ3v) is 5.84. The highest BCUT2D eigenvalue weighted by atomic mass is 19.4. The summed E-state index contributed by atoms with van der Waals surface area (Å²) in [4.78, 5) is 33.5. The average Bonchev–Trinajstić information content (AvgIpc) is 3.49. The van der Waals surface area contributed by atoms with Crippen molar-refractivity contribution in [3.63, 3.8) is 0 Å². The van der Waals surface area contributed by atoms with Gasteiger partial charge in [0.05, 0.1) is 40.9 Å². The normalized spacial score (nSPS) is 11.5. The lowest BCUT2D eigenvalue weighted by molar-refractivity contribution is -0.137. The van der Waals surface area contributed by atoms with Crippen LogP contribution in [0, 0.1) is 5.82 Å². The maximum Gasteiger partial charge on any atom is 0.422 e. The Hall–Kier alpha value is -5.27. The molecule has 0 aliphatic rings. The number of hydrogen-bond donors (Lipinski definition) is 2. The molecule has 40 heavy (non-hydrogen) atoms. The van der Waals surface area contributed by atoms with Gasteiger partial charge in [-0.05, 0) is 18.2 Å². The largest absolute Gasteiger partial charge is 0.492 e. The fourth-order valence-corrected chi connectivity index (χ4v) is 3.96. The predicted octanol–water partition coefficient (Wildman–Crippen LogP) is 4.46. The van der Waals surface area contributed by atoms with Crippen molar-refractivity contribution < 1.29 is 31.9 Å². The highest BCUT2D eigenvalue weighted by Crippen LogP contribution is 2.38. The van der Waals surface area contributed by atoms with Crippen molar-refractivity contribution in [2.75, 3.05) is 5.32 Å². The summed E-state index contributed by atoms with van der Waals surface area (Å²) in [6.45, 7) is -0.268. The highest BCUT2D eigenvalue weighted by Gasteiger charge is 2.36. The number of alkyl halides is 3. The molecule has 3 aromatic heterocycles. The van der Waals surface area contributed by atoms with Crippen molar-refractivity contribution in [2.45, 2.75) is 12.7 Å². The van der Waals surface area contributed by atoms with Crippen LogP contribution in [-0.2, 0) is 19.8 Å². The molecule has 5 aromatic rings. The summed E-state index contributed by atoms with van der Waals surface area (Å²) in [6, 6.07) is 10.8. The number of halogens is 4. The Kier molecular flexibility index (Phi) is 6.67. The van der Waals surface area contributed by atoms with E-state index in [-0.39, 0.29) is 35.5 Å². The van der Waals surface area contributed by atoms with Gasteiger partial charge in [0.25, 0.3) is 5.91 Å². The zero-order valence-electron chi connectivity index (χ0n) is 20.5. The van der Waals surface area contributed by atoms with E-state index in [1.54, 1.807) is 30.3 Å². The summed E-state index contributed by atoms with van der Waals surface area (Å²) in [6.07, 6.45) is -1.43. The molecule has 2 N–H and O–H groups in total. The van der Waals surface area contributed by atoms with E-state index in [4.69, 9.17) is 0 Å². The van der Waals surface area contributed by atoms with E-state index in [0.717, 1.165) is 16.9 Å². The summed E-state index contributed by atoms with van der Waals surface area (Å²) in [5.41, 5.74) is -1.82. The zero-order valence-corrected chi connectivity index (χ0v) is 20.5. The number of nitrogens with zero attached hydrogens (tertiary/aromatic N) is 5. The van der Waals surface area contributed by atoms with Crippen LogP contribution in [0.4, 0.5) is 23.2 Å². The van der Waals surface area contributed by atoms with Crippen molar-refractivity contribution in [1.82, 2.24) is 24.3 Å².